The van der Waals surface area contributed by atoms with Gasteiger partial charge < -0.3 is 4.74 Å². The summed E-state index contributed by atoms with van der Waals surface area (Å²) in [5.41, 5.74) is 0. The van der Waals surface area contributed by atoms with Gasteiger partial charge in [0.05, 0.1) is 6.61 Å². The molecule has 0 aromatic heterocycles. The second-order valence-corrected chi connectivity index (χ2v) is 3.71. The summed E-state index contributed by atoms with van der Waals surface area (Å²) >= 11 is 4.30. The van der Waals surface area contributed by atoms with Gasteiger partial charge in [-0.2, -0.15) is 12.6 Å². The van der Waals surface area contributed by atoms with Crippen LogP contribution in [0.4, 0.5) is 0 Å². The monoisotopic (exact) mass is 202 g/mol. The summed E-state index contributed by atoms with van der Waals surface area (Å²) in [4.78, 5) is 0. The number of unbranched alkanes of at least 4 members (excludes halogenated alkanes) is 1. The molecule has 0 aliphatic carbocycles. The average molecular weight is 202 g/mol. The molecule has 0 heterocycles. The molecule has 0 fully saturated rings. The van der Waals surface area contributed by atoms with Gasteiger partial charge in [0.1, 0.15) is 0 Å². The molecule has 1 nitrogen and oxygen atoms in total. The smallest absolute Gasteiger partial charge is 0.0502 e. The second kappa shape index (κ2) is 10.1. The quantitative estimate of drug-likeness (QED) is 0.343. The van der Waals surface area contributed by atoms with Crippen molar-refractivity contribution in [3.05, 3.63) is 12.7 Å². The molecule has 0 aromatic rings. The minimum atomic E-state index is 0.636. The minimum absolute atomic E-state index is 0.636. The Morgan fingerprint density at radius 2 is 2.31 bits per heavy atom. The number of thiol groups is 1. The van der Waals surface area contributed by atoms with E-state index in [9.17, 15) is 0 Å². The summed E-state index contributed by atoms with van der Waals surface area (Å²) in [6.45, 7) is 7.60. The van der Waals surface area contributed by atoms with E-state index in [4.69, 9.17) is 4.74 Å². The van der Waals surface area contributed by atoms with Gasteiger partial charge in [0, 0.05) is 6.61 Å². The molecule has 0 N–H and O–H groups in total. The third-order valence-corrected chi connectivity index (χ3v) is 2.52. The molecule has 0 saturated carbocycles. The van der Waals surface area contributed by atoms with E-state index in [1.807, 2.05) is 6.08 Å². The molecular weight excluding hydrogens is 180 g/mol. The molecular formula is C11H22OS. The van der Waals surface area contributed by atoms with Crippen molar-refractivity contribution in [2.24, 2.45) is 5.92 Å². The highest BCUT2D eigenvalue weighted by Gasteiger charge is 2.04. The van der Waals surface area contributed by atoms with Crippen molar-refractivity contribution >= 4 is 12.6 Å². The lowest BCUT2D eigenvalue weighted by Crippen LogP contribution is -2.11. The van der Waals surface area contributed by atoms with Crippen LogP contribution in [0.15, 0.2) is 12.7 Å². The second-order valence-electron chi connectivity index (χ2n) is 3.34. The topological polar surface area (TPSA) is 9.23 Å². The van der Waals surface area contributed by atoms with Crippen molar-refractivity contribution in [1.82, 2.24) is 0 Å². The molecule has 0 aliphatic heterocycles. The van der Waals surface area contributed by atoms with Crippen LogP contribution < -0.4 is 0 Å². The molecule has 13 heavy (non-hydrogen) atoms. The van der Waals surface area contributed by atoms with Crippen molar-refractivity contribution in [2.45, 2.75) is 32.6 Å². The highest BCUT2D eigenvalue weighted by Crippen LogP contribution is 2.08. The van der Waals surface area contributed by atoms with Crippen LogP contribution in [0, 0.1) is 5.92 Å². The summed E-state index contributed by atoms with van der Waals surface area (Å²) in [6, 6.07) is 0. The zero-order valence-corrected chi connectivity index (χ0v) is 9.56. The predicted molar refractivity (Wildman–Crippen MR) is 62.5 cm³/mol. The van der Waals surface area contributed by atoms with E-state index in [0.717, 1.165) is 31.8 Å². The maximum atomic E-state index is 5.54. The van der Waals surface area contributed by atoms with Gasteiger partial charge in [-0.05, 0) is 30.9 Å². The zero-order valence-electron chi connectivity index (χ0n) is 8.67. The van der Waals surface area contributed by atoms with Crippen LogP contribution in [0.2, 0.25) is 0 Å². The average Bonchev–Trinajstić information content (AvgIpc) is 2.16. The van der Waals surface area contributed by atoms with Crippen LogP contribution in [-0.2, 0) is 4.74 Å². The summed E-state index contributed by atoms with van der Waals surface area (Å²) in [5, 5.41) is 0. The van der Waals surface area contributed by atoms with E-state index >= 15 is 0 Å². The highest BCUT2D eigenvalue weighted by molar-refractivity contribution is 7.80. The van der Waals surface area contributed by atoms with E-state index in [-0.39, 0.29) is 0 Å². The molecule has 1 unspecified atom stereocenters. The molecule has 0 aromatic carbocycles. The Morgan fingerprint density at radius 1 is 1.54 bits per heavy atom. The number of hydrogen-bond acceptors (Lipinski definition) is 2. The van der Waals surface area contributed by atoms with E-state index in [0.29, 0.717) is 5.92 Å². The zero-order chi connectivity index (χ0) is 9.94. The lowest BCUT2D eigenvalue weighted by Gasteiger charge is -2.13. The number of allylic oxidation sites excluding steroid dienone is 1. The molecule has 0 saturated heterocycles. The third kappa shape index (κ3) is 8.38. The number of rotatable bonds is 9. The molecule has 2 heteroatoms. The maximum Gasteiger partial charge on any atom is 0.0502 e. The van der Waals surface area contributed by atoms with Crippen molar-refractivity contribution in [1.29, 1.82) is 0 Å². The summed E-state index contributed by atoms with van der Waals surface area (Å²) in [6.07, 6.45) is 6.53. The van der Waals surface area contributed by atoms with Crippen LogP contribution in [0.5, 0.6) is 0 Å². The van der Waals surface area contributed by atoms with E-state index in [2.05, 4.69) is 26.1 Å². The van der Waals surface area contributed by atoms with Crippen LogP contribution in [0.3, 0.4) is 0 Å². The molecule has 0 aliphatic rings. The predicted octanol–water partition coefficient (Wildman–Crippen LogP) is 3.32. The van der Waals surface area contributed by atoms with Crippen LogP contribution >= 0.6 is 12.6 Å². The Morgan fingerprint density at radius 3 is 2.85 bits per heavy atom. The Balaban J connectivity index is 3.22. The summed E-state index contributed by atoms with van der Waals surface area (Å²) < 4.78 is 5.54. The third-order valence-electron chi connectivity index (χ3n) is 2.01. The van der Waals surface area contributed by atoms with E-state index in [1.54, 1.807) is 0 Å². The highest BCUT2D eigenvalue weighted by atomic mass is 32.1. The molecule has 0 rings (SSSR count). The fourth-order valence-corrected chi connectivity index (χ4v) is 1.50. The molecule has 0 radical (unpaired) electrons. The summed E-state index contributed by atoms with van der Waals surface area (Å²) in [5.74, 6) is 1.58. The van der Waals surface area contributed by atoms with Gasteiger partial charge >= 0.3 is 0 Å². The Labute approximate surface area is 88.0 Å². The Hall–Kier alpha value is 0.0500. The number of hydrogen-bond donors (Lipinski definition) is 1. The van der Waals surface area contributed by atoms with Crippen LogP contribution in [-0.4, -0.2) is 19.0 Å². The lowest BCUT2D eigenvalue weighted by molar-refractivity contribution is 0.102. The Kier molecular flexibility index (Phi) is 10.2. The lowest BCUT2D eigenvalue weighted by atomic mass is 10.1. The van der Waals surface area contributed by atoms with Gasteiger partial charge in [-0.1, -0.05) is 19.4 Å². The fraction of sp³-hybridized carbons (Fsp3) is 0.818. The SMILES string of the molecule is C=CCCCOCC(CS)CCC. The van der Waals surface area contributed by atoms with Gasteiger partial charge in [0.15, 0.2) is 0 Å². The first-order valence-electron chi connectivity index (χ1n) is 5.14. The maximum absolute atomic E-state index is 5.54. The number of ether oxygens (including phenoxy) is 1. The first kappa shape index (κ1) is 13.1. The van der Waals surface area contributed by atoms with E-state index < -0.39 is 0 Å². The van der Waals surface area contributed by atoms with E-state index in [1.165, 1.54) is 12.8 Å². The van der Waals surface area contributed by atoms with Crippen molar-refractivity contribution in [3.8, 4) is 0 Å². The minimum Gasteiger partial charge on any atom is -0.381 e. The largest absolute Gasteiger partial charge is 0.381 e. The Bertz CT molecular complexity index is 115. The molecule has 78 valence electrons. The van der Waals surface area contributed by atoms with Crippen molar-refractivity contribution in [2.75, 3.05) is 19.0 Å². The molecule has 0 amide bonds. The molecule has 0 bridgehead atoms. The van der Waals surface area contributed by atoms with Crippen LogP contribution in [0.25, 0.3) is 0 Å². The first-order chi connectivity index (χ1) is 6.35. The standard InChI is InChI=1S/C11H22OS/c1-3-5-6-8-12-9-11(10-13)7-4-2/h3,11,13H,1,4-10H2,2H3. The van der Waals surface area contributed by atoms with Gasteiger partial charge in [-0.3, -0.25) is 0 Å². The van der Waals surface area contributed by atoms with Gasteiger partial charge in [0.25, 0.3) is 0 Å². The molecule has 1 atom stereocenters. The van der Waals surface area contributed by atoms with Crippen LogP contribution in [0.1, 0.15) is 32.6 Å². The normalized spacial score (nSPS) is 12.8. The van der Waals surface area contributed by atoms with Gasteiger partial charge in [0.2, 0.25) is 0 Å². The van der Waals surface area contributed by atoms with Gasteiger partial charge in [-0.15, -0.1) is 6.58 Å². The van der Waals surface area contributed by atoms with Gasteiger partial charge in [-0.25, -0.2) is 0 Å². The molecule has 0 spiro atoms. The fourth-order valence-electron chi connectivity index (χ4n) is 1.22. The van der Waals surface area contributed by atoms with Crippen molar-refractivity contribution < 1.29 is 4.74 Å². The first-order valence-corrected chi connectivity index (χ1v) is 5.77. The van der Waals surface area contributed by atoms with Crippen molar-refractivity contribution in [3.63, 3.8) is 0 Å². The summed E-state index contributed by atoms with van der Waals surface area (Å²) in [7, 11) is 0.